The van der Waals surface area contributed by atoms with Gasteiger partial charge in [0, 0.05) is 5.56 Å². The predicted molar refractivity (Wildman–Crippen MR) is 106 cm³/mol. The predicted octanol–water partition coefficient (Wildman–Crippen LogP) is 2.22. The minimum Gasteiger partial charge on any atom is -1.00 e. The van der Waals surface area contributed by atoms with Crippen molar-refractivity contribution in [1.82, 2.24) is 0 Å². The van der Waals surface area contributed by atoms with E-state index in [0.29, 0.717) is 12.5 Å². The van der Waals surface area contributed by atoms with Gasteiger partial charge in [-0.2, -0.15) is 0 Å². The monoisotopic (exact) mass is 350 g/mol. The molecule has 0 amide bonds. The fourth-order valence-electron chi connectivity index (χ4n) is 2.72. The maximum Gasteiger partial charge on any atom is 1.00 e. The SMILES string of the molecule is Cc1cc(C)c(C(=O)Pc2ccc(OCC(C)C)cc2)c(C)c1C.[H-].[Li+]. The zero-order chi connectivity index (χ0) is 17.9. The summed E-state index contributed by atoms with van der Waals surface area (Å²) in [5.74, 6) is 1.37. The Morgan fingerprint density at radius 1 is 1.04 bits per heavy atom. The van der Waals surface area contributed by atoms with Crippen molar-refractivity contribution in [1.29, 1.82) is 0 Å². The summed E-state index contributed by atoms with van der Waals surface area (Å²) < 4.78 is 5.70. The van der Waals surface area contributed by atoms with Gasteiger partial charge in [-0.25, -0.2) is 0 Å². The van der Waals surface area contributed by atoms with Crippen LogP contribution in [-0.4, -0.2) is 12.1 Å². The van der Waals surface area contributed by atoms with Crippen LogP contribution in [0.15, 0.2) is 30.3 Å². The second kappa shape index (κ2) is 9.58. The Morgan fingerprint density at radius 2 is 1.64 bits per heavy atom. The van der Waals surface area contributed by atoms with Gasteiger partial charge in [-0.1, -0.05) is 32.0 Å². The average molecular weight is 350 g/mol. The summed E-state index contributed by atoms with van der Waals surface area (Å²) in [6.07, 6.45) is 0. The van der Waals surface area contributed by atoms with Gasteiger partial charge in [0.2, 0.25) is 0 Å². The van der Waals surface area contributed by atoms with E-state index in [2.05, 4.69) is 40.7 Å². The molecule has 0 aliphatic carbocycles. The van der Waals surface area contributed by atoms with Gasteiger partial charge in [0.05, 0.1) is 6.61 Å². The van der Waals surface area contributed by atoms with Gasteiger partial charge >= 0.3 is 18.9 Å². The minimum absolute atomic E-state index is 0. The summed E-state index contributed by atoms with van der Waals surface area (Å²) in [6.45, 7) is 13.2. The van der Waals surface area contributed by atoms with Crippen molar-refractivity contribution in [3.63, 3.8) is 0 Å². The average Bonchev–Trinajstić information content (AvgIpc) is 2.52. The number of carbonyl (C=O) groups is 1. The van der Waals surface area contributed by atoms with Crippen LogP contribution < -0.4 is 28.9 Å². The molecular weight excluding hydrogens is 322 g/mol. The summed E-state index contributed by atoms with van der Waals surface area (Å²) in [6, 6.07) is 10.0. The molecule has 0 spiro atoms. The Hall–Kier alpha value is -1.06. The molecule has 1 atom stereocenters. The van der Waals surface area contributed by atoms with Crippen LogP contribution in [0.1, 0.15) is 47.9 Å². The molecule has 1 unspecified atom stereocenters. The molecule has 0 aromatic heterocycles. The first kappa shape index (κ1) is 22.0. The van der Waals surface area contributed by atoms with Gasteiger partial charge in [-0.15, -0.1) is 0 Å². The van der Waals surface area contributed by atoms with Crippen LogP contribution in [0.4, 0.5) is 0 Å². The number of carbonyl (C=O) groups excluding carboxylic acids is 1. The Labute approximate surface area is 167 Å². The number of aryl methyl sites for hydroxylation is 2. The largest absolute Gasteiger partial charge is 1.00 e. The molecule has 0 radical (unpaired) electrons. The molecule has 0 N–H and O–H groups in total. The Bertz CT molecular complexity index is 743. The van der Waals surface area contributed by atoms with Crippen molar-refractivity contribution in [2.75, 3.05) is 6.61 Å². The van der Waals surface area contributed by atoms with Crippen molar-refractivity contribution in [2.24, 2.45) is 5.92 Å². The Balaban J connectivity index is 0.00000312. The molecule has 2 nitrogen and oxygen atoms in total. The maximum atomic E-state index is 12.8. The topological polar surface area (TPSA) is 26.3 Å². The summed E-state index contributed by atoms with van der Waals surface area (Å²) in [5, 5.41) is 1.05. The van der Waals surface area contributed by atoms with Gasteiger partial charge in [0.25, 0.3) is 0 Å². The third kappa shape index (κ3) is 5.72. The molecule has 130 valence electrons. The van der Waals surface area contributed by atoms with Crippen molar-refractivity contribution >= 4 is 19.4 Å². The van der Waals surface area contributed by atoms with E-state index in [9.17, 15) is 4.79 Å². The van der Waals surface area contributed by atoms with Gasteiger partial charge in [0.15, 0.2) is 5.52 Å². The zero-order valence-corrected chi connectivity index (χ0v) is 17.5. The van der Waals surface area contributed by atoms with Gasteiger partial charge in [-0.3, -0.25) is 4.79 Å². The van der Waals surface area contributed by atoms with Crippen molar-refractivity contribution in [2.45, 2.75) is 41.5 Å². The summed E-state index contributed by atoms with van der Waals surface area (Å²) >= 11 is 0. The second-order valence-electron chi connectivity index (χ2n) is 6.82. The van der Waals surface area contributed by atoms with E-state index in [1.54, 1.807) is 0 Å². The fraction of sp³-hybridized carbons (Fsp3) is 0.381. The van der Waals surface area contributed by atoms with E-state index in [-0.39, 0.29) is 34.4 Å². The first-order chi connectivity index (χ1) is 11.3. The molecule has 0 fully saturated rings. The summed E-state index contributed by atoms with van der Waals surface area (Å²) in [5.41, 5.74) is 5.75. The summed E-state index contributed by atoms with van der Waals surface area (Å²) in [7, 11) is 0.141. The maximum absolute atomic E-state index is 12.8. The van der Waals surface area contributed by atoms with Crippen LogP contribution in [-0.2, 0) is 0 Å². The third-order valence-electron chi connectivity index (χ3n) is 4.28. The molecular formula is C21H28LiO2P. The van der Waals surface area contributed by atoms with Gasteiger partial charge in [-0.05, 0) is 81.9 Å². The molecule has 0 bridgehead atoms. The van der Waals surface area contributed by atoms with E-state index >= 15 is 0 Å². The molecule has 0 saturated carbocycles. The smallest absolute Gasteiger partial charge is 1.00 e. The fourth-order valence-corrected chi connectivity index (χ4v) is 3.83. The standard InChI is InChI=1S/C21H27O2P.Li.H/c1-13(2)12-23-18-7-9-19(10-8-18)24-21(22)20-15(4)11-14(3)16(5)17(20)6;;/h7-11,13,24H,12H2,1-6H3;;/q;+1;-1. The van der Waals surface area contributed by atoms with Crippen LogP contribution in [0.25, 0.3) is 0 Å². The minimum atomic E-state index is 0. The van der Waals surface area contributed by atoms with Crippen LogP contribution in [0, 0.1) is 33.6 Å². The van der Waals surface area contributed by atoms with Crippen molar-refractivity contribution in [3.8, 4) is 5.75 Å². The number of ether oxygens (including phenoxy) is 1. The molecule has 2 aromatic carbocycles. The quantitative estimate of drug-likeness (QED) is 0.590. The van der Waals surface area contributed by atoms with Crippen LogP contribution in [0.2, 0.25) is 0 Å². The first-order valence-corrected chi connectivity index (χ1v) is 9.41. The molecule has 25 heavy (non-hydrogen) atoms. The number of hydrogen-bond donors (Lipinski definition) is 0. The third-order valence-corrected chi connectivity index (χ3v) is 5.38. The Morgan fingerprint density at radius 3 is 2.20 bits per heavy atom. The number of hydrogen-bond acceptors (Lipinski definition) is 2. The second-order valence-corrected chi connectivity index (χ2v) is 8.10. The molecule has 0 aliphatic rings. The number of rotatable bonds is 6. The van der Waals surface area contributed by atoms with Gasteiger partial charge in [0.1, 0.15) is 5.75 Å². The van der Waals surface area contributed by atoms with Crippen molar-refractivity contribution in [3.05, 3.63) is 58.1 Å². The van der Waals surface area contributed by atoms with Crippen LogP contribution in [0.5, 0.6) is 5.75 Å². The van der Waals surface area contributed by atoms with E-state index in [4.69, 9.17) is 4.74 Å². The zero-order valence-electron chi connectivity index (χ0n) is 17.5. The molecule has 0 saturated heterocycles. The Kier molecular flexibility index (Phi) is 8.43. The van der Waals surface area contributed by atoms with Crippen LogP contribution >= 0.6 is 8.58 Å². The van der Waals surface area contributed by atoms with E-state index < -0.39 is 0 Å². The molecule has 0 heterocycles. The summed E-state index contributed by atoms with van der Waals surface area (Å²) in [4.78, 5) is 12.8. The molecule has 0 aliphatic heterocycles. The number of benzene rings is 2. The first-order valence-electron chi connectivity index (χ1n) is 8.41. The molecule has 4 heteroatoms. The molecule has 2 aromatic rings. The van der Waals surface area contributed by atoms with E-state index in [0.717, 1.165) is 27.7 Å². The van der Waals surface area contributed by atoms with E-state index in [1.165, 1.54) is 11.1 Å². The van der Waals surface area contributed by atoms with Gasteiger partial charge < -0.3 is 6.16 Å². The van der Waals surface area contributed by atoms with Crippen LogP contribution in [0.3, 0.4) is 0 Å². The normalized spacial score (nSPS) is 11.0. The van der Waals surface area contributed by atoms with E-state index in [1.807, 2.05) is 31.2 Å². The molecule has 2 rings (SSSR count). The van der Waals surface area contributed by atoms with Crippen molar-refractivity contribution < 1.29 is 29.8 Å².